The number of piperidine rings is 1. The molecule has 2 aromatic rings. The number of carbonyl (C=O) groups excluding carboxylic acids is 1. The van der Waals surface area contributed by atoms with Crippen LogP contribution in [-0.2, 0) is 21.2 Å². The molecule has 2 heterocycles. The first-order valence-electron chi connectivity index (χ1n) is 9.62. The SMILES string of the molecule is Cc1ccc2c(c1)N(Cc1ccc(F)cc1)N=C(C(=O)N1CCCCC1)S2(=O)=O. The van der Waals surface area contributed by atoms with Gasteiger partial charge in [0, 0.05) is 13.1 Å². The molecule has 2 aliphatic heterocycles. The number of anilines is 1. The van der Waals surface area contributed by atoms with Gasteiger partial charge in [-0.15, -0.1) is 0 Å². The Balaban J connectivity index is 1.77. The number of benzene rings is 2. The average Bonchev–Trinajstić information content (AvgIpc) is 2.71. The molecule has 1 amide bonds. The molecule has 1 saturated heterocycles. The number of likely N-dealkylation sites (tertiary alicyclic amines) is 1. The van der Waals surface area contributed by atoms with Gasteiger partial charge in [0.1, 0.15) is 5.82 Å². The van der Waals surface area contributed by atoms with Gasteiger partial charge in [-0.25, -0.2) is 12.8 Å². The summed E-state index contributed by atoms with van der Waals surface area (Å²) < 4.78 is 39.6. The highest BCUT2D eigenvalue weighted by Crippen LogP contribution is 2.34. The van der Waals surface area contributed by atoms with Crippen LogP contribution in [0, 0.1) is 12.7 Å². The van der Waals surface area contributed by atoms with Crippen molar-refractivity contribution in [3.8, 4) is 0 Å². The van der Waals surface area contributed by atoms with E-state index in [4.69, 9.17) is 0 Å². The number of amides is 1. The summed E-state index contributed by atoms with van der Waals surface area (Å²) in [4.78, 5) is 14.7. The maximum Gasteiger partial charge on any atom is 0.286 e. The molecule has 0 radical (unpaired) electrons. The van der Waals surface area contributed by atoms with Crippen molar-refractivity contribution in [2.45, 2.75) is 37.6 Å². The van der Waals surface area contributed by atoms with Gasteiger partial charge in [-0.3, -0.25) is 9.80 Å². The number of hydrazone groups is 1. The van der Waals surface area contributed by atoms with E-state index in [-0.39, 0.29) is 17.3 Å². The monoisotopic (exact) mass is 415 g/mol. The minimum absolute atomic E-state index is 0.0700. The first-order chi connectivity index (χ1) is 13.9. The molecular formula is C21H22FN3O3S. The number of halogens is 1. The number of carbonyl (C=O) groups is 1. The summed E-state index contributed by atoms with van der Waals surface area (Å²) in [6.45, 7) is 3.16. The molecular weight excluding hydrogens is 393 g/mol. The number of hydrogen-bond donors (Lipinski definition) is 0. The zero-order chi connectivity index (χ0) is 20.6. The number of rotatable bonds is 3. The third-order valence-electron chi connectivity index (χ3n) is 5.22. The molecule has 0 saturated carbocycles. The van der Waals surface area contributed by atoms with Crippen LogP contribution in [0.1, 0.15) is 30.4 Å². The van der Waals surface area contributed by atoms with Crippen molar-refractivity contribution in [2.24, 2.45) is 5.10 Å². The Morgan fingerprint density at radius 2 is 1.76 bits per heavy atom. The van der Waals surface area contributed by atoms with Crippen molar-refractivity contribution < 1.29 is 17.6 Å². The second-order valence-electron chi connectivity index (χ2n) is 7.42. The summed E-state index contributed by atoms with van der Waals surface area (Å²) in [5.74, 6) is -0.907. The molecule has 8 heteroatoms. The highest BCUT2D eigenvalue weighted by molar-refractivity contribution is 8.08. The van der Waals surface area contributed by atoms with Gasteiger partial charge in [0.05, 0.1) is 17.1 Å². The predicted molar refractivity (Wildman–Crippen MR) is 109 cm³/mol. The van der Waals surface area contributed by atoms with E-state index in [1.165, 1.54) is 23.2 Å². The molecule has 0 atom stereocenters. The number of nitrogens with zero attached hydrogens (tertiary/aromatic N) is 3. The van der Waals surface area contributed by atoms with Gasteiger partial charge >= 0.3 is 0 Å². The van der Waals surface area contributed by atoms with E-state index in [0.29, 0.717) is 18.8 Å². The molecule has 0 aliphatic carbocycles. The lowest BCUT2D eigenvalue weighted by atomic mass is 10.1. The van der Waals surface area contributed by atoms with Crippen molar-refractivity contribution in [3.63, 3.8) is 0 Å². The minimum atomic E-state index is -4.02. The van der Waals surface area contributed by atoms with E-state index in [2.05, 4.69) is 5.10 Å². The summed E-state index contributed by atoms with van der Waals surface area (Å²) in [5.41, 5.74) is 2.06. The molecule has 2 aromatic carbocycles. The summed E-state index contributed by atoms with van der Waals surface area (Å²) >= 11 is 0. The fourth-order valence-electron chi connectivity index (χ4n) is 3.65. The summed E-state index contributed by atoms with van der Waals surface area (Å²) in [5, 5.41) is 5.36. The zero-order valence-corrected chi connectivity index (χ0v) is 17.0. The van der Waals surface area contributed by atoms with Crippen LogP contribution in [0.5, 0.6) is 0 Å². The van der Waals surface area contributed by atoms with E-state index in [1.54, 1.807) is 29.2 Å². The number of sulfone groups is 1. The van der Waals surface area contributed by atoms with Gasteiger partial charge in [0.15, 0.2) is 0 Å². The maximum absolute atomic E-state index is 13.3. The van der Waals surface area contributed by atoms with Crippen molar-refractivity contribution in [1.82, 2.24) is 4.90 Å². The van der Waals surface area contributed by atoms with Crippen molar-refractivity contribution >= 4 is 26.5 Å². The lowest BCUT2D eigenvalue weighted by Gasteiger charge is -2.31. The predicted octanol–water partition coefficient (Wildman–Crippen LogP) is 3.25. The van der Waals surface area contributed by atoms with Crippen LogP contribution in [0.4, 0.5) is 10.1 Å². The number of fused-ring (bicyclic) bond motifs is 1. The lowest BCUT2D eigenvalue weighted by molar-refractivity contribution is -0.124. The Morgan fingerprint density at radius 1 is 1.07 bits per heavy atom. The maximum atomic E-state index is 13.3. The standard InChI is InChI=1S/C21H22FN3O3S/c1-15-5-10-19-18(13-15)25(14-16-6-8-17(22)9-7-16)23-20(29(19,27)28)21(26)24-11-3-2-4-12-24/h5-10,13H,2-4,11-12,14H2,1H3. The molecule has 4 rings (SSSR count). The smallest absolute Gasteiger partial charge is 0.286 e. The summed E-state index contributed by atoms with van der Waals surface area (Å²) in [7, 11) is -4.02. The zero-order valence-electron chi connectivity index (χ0n) is 16.1. The second-order valence-corrected chi connectivity index (χ2v) is 9.25. The molecule has 29 heavy (non-hydrogen) atoms. The largest absolute Gasteiger partial charge is 0.337 e. The quantitative estimate of drug-likeness (QED) is 0.772. The Labute approximate surface area is 169 Å². The van der Waals surface area contributed by atoms with Gasteiger partial charge in [-0.05, 0) is 61.6 Å². The van der Waals surface area contributed by atoms with Crippen LogP contribution in [0.15, 0.2) is 52.5 Å². The highest BCUT2D eigenvalue weighted by atomic mass is 32.2. The Morgan fingerprint density at radius 3 is 2.45 bits per heavy atom. The molecule has 152 valence electrons. The number of aryl methyl sites for hydroxylation is 1. The minimum Gasteiger partial charge on any atom is -0.337 e. The Bertz CT molecular complexity index is 1070. The molecule has 0 N–H and O–H groups in total. The molecule has 0 unspecified atom stereocenters. The number of hydrogen-bond acceptors (Lipinski definition) is 5. The molecule has 0 bridgehead atoms. The van der Waals surface area contributed by atoms with Crippen molar-refractivity contribution in [1.29, 1.82) is 0 Å². The Hall–Kier alpha value is -2.74. The average molecular weight is 415 g/mol. The Kier molecular flexibility index (Phi) is 5.12. The van der Waals surface area contributed by atoms with Crippen LogP contribution >= 0.6 is 0 Å². The second kappa shape index (κ2) is 7.59. The first kappa shape index (κ1) is 19.6. The summed E-state index contributed by atoms with van der Waals surface area (Å²) in [6.07, 6.45) is 2.74. The normalized spacial score (nSPS) is 18.2. The van der Waals surface area contributed by atoms with E-state index < -0.39 is 20.8 Å². The van der Waals surface area contributed by atoms with Crippen molar-refractivity contribution in [3.05, 3.63) is 59.4 Å². The lowest BCUT2D eigenvalue weighted by Crippen LogP contribution is -2.45. The van der Waals surface area contributed by atoms with Gasteiger partial charge in [-0.1, -0.05) is 18.2 Å². The molecule has 0 aromatic heterocycles. The third-order valence-corrected chi connectivity index (χ3v) is 6.91. The van der Waals surface area contributed by atoms with Crippen LogP contribution in [0.3, 0.4) is 0 Å². The molecule has 1 fully saturated rings. The van der Waals surface area contributed by atoms with Crippen LogP contribution in [0.25, 0.3) is 0 Å². The van der Waals surface area contributed by atoms with Crippen molar-refractivity contribution in [2.75, 3.05) is 18.1 Å². The molecule has 6 nitrogen and oxygen atoms in total. The van der Waals surface area contributed by atoms with E-state index in [9.17, 15) is 17.6 Å². The fourth-order valence-corrected chi connectivity index (χ4v) is 5.11. The van der Waals surface area contributed by atoms with E-state index in [0.717, 1.165) is 30.4 Å². The fraction of sp³-hybridized carbons (Fsp3) is 0.333. The van der Waals surface area contributed by atoms with E-state index in [1.807, 2.05) is 6.92 Å². The highest BCUT2D eigenvalue weighted by Gasteiger charge is 2.39. The topological polar surface area (TPSA) is 70.1 Å². The third kappa shape index (κ3) is 3.76. The van der Waals surface area contributed by atoms with Gasteiger partial charge in [0.2, 0.25) is 14.9 Å². The van der Waals surface area contributed by atoms with E-state index >= 15 is 0 Å². The van der Waals surface area contributed by atoms with Gasteiger partial charge in [0.25, 0.3) is 5.91 Å². The van der Waals surface area contributed by atoms with Gasteiger partial charge < -0.3 is 4.90 Å². The van der Waals surface area contributed by atoms with Gasteiger partial charge in [-0.2, -0.15) is 5.10 Å². The van der Waals surface area contributed by atoms with Crippen LogP contribution in [-0.4, -0.2) is 37.4 Å². The molecule has 0 spiro atoms. The van der Waals surface area contributed by atoms with Crippen LogP contribution in [0.2, 0.25) is 0 Å². The summed E-state index contributed by atoms with van der Waals surface area (Å²) in [6, 6.07) is 10.9. The first-order valence-corrected chi connectivity index (χ1v) is 11.1. The van der Waals surface area contributed by atoms with Crippen LogP contribution < -0.4 is 5.01 Å². The molecule has 2 aliphatic rings.